The van der Waals surface area contributed by atoms with Crippen molar-refractivity contribution in [3.8, 4) is 0 Å². The molecule has 0 aliphatic heterocycles. The van der Waals surface area contributed by atoms with E-state index in [2.05, 4.69) is 5.32 Å². The lowest BCUT2D eigenvalue weighted by Crippen LogP contribution is -2.32. The Balaban J connectivity index is 2.02. The molecule has 4 N–H and O–H groups in total. The number of nitrogens with two attached hydrogens (primary N) is 1. The van der Waals surface area contributed by atoms with Crippen molar-refractivity contribution in [2.45, 2.75) is 0 Å². The highest BCUT2D eigenvalue weighted by atomic mass is 16.5. The van der Waals surface area contributed by atoms with Gasteiger partial charge in [-0.3, -0.25) is 5.21 Å². The Morgan fingerprint density at radius 1 is 0.739 bits per heavy atom. The van der Waals surface area contributed by atoms with Gasteiger partial charge in [0.25, 0.3) is 11.0 Å². The Hall–Kier alpha value is -3.27. The van der Waals surface area contributed by atoms with Crippen LogP contribution >= 0.6 is 0 Å². The second-order valence-corrected chi connectivity index (χ2v) is 5.47. The second-order valence-electron chi connectivity index (χ2n) is 5.47. The Kier molecular flexibility index (Phi) is 3.01. The molecule has 0 amide bonds. The van der Waals surface area contributed by atoms with E-state index in [1.807, 2.05) is 72.8 Å². The van der Waals surface area contributed by atoms with Crippen molar-refractivity contribution < 1.29 is 9.94 Å². The first-order valence-electron chi connectivity index (χ1n) is 7.41. The van der Waals surface area contributed by atoms with E-state index < -0.39 is 0 Å². The summed E-state index contributed by atoms with van der Waals surface area (Å²) in [6.45, 7) is 0. The fraction of sp³-hybridized carbons (Fsp3) is 0. The SMILES string of the molecule is Nc1ccc(Nc2c3ccccc3[n+](O)c3ccccc23)cc1. The van der Waals surface area contributed by atoms with Gasteiger partial charge in [0.2, 0.25) is 0 Å². The number of rotatable bonds is 2. The van der Waals surface area contributed by atoms with E-state index in [9.17, 15) is 5.21 Å². The van der Waals surface area contributed by atoms with Crippen LogP contribution in [0, 0.1) is 0 Å². The number of anilines is 3. The number of nitrogens with zero attached hydrogens (tertiary/aromatic N) is 1. The molecule has 0 radical (unpaired) electrons. The van der Waals surface area contributed by atoms with Crippen molar-refractivity contribution in [2.24, 2.45) is 0 Å². The predicted molar refractivity (Wildman–Crippen MR) is 93.0 cm³/mol. The molecule has 1 heterocycles. The zero-order chi connectivity index (χ0) is 15.8. The van der Waals surface area contributed by atoms with E-state index in [-0.39, 0.29) is 0 Å². The quantitative estimate of drug-likeness (QED) is 0.228. The fourth-order valence-electron chi connectivity index (χ4n) is 2.86. The van der Waals surface area contributed by atoms with Gasteiger partial charge in [-0.15, -0.1) is 0 Å². The standard InChI is InChI=1S/C19H15N3O/c20-13-9-11-14(12-10-13)21-19-15-5-1-3-7-17(15)22(23)18-8-4-2-6-16(18)19/h1-12,23H,20H2/p+1. The van der Waals surface area contributed by atoms with Gasteiger partial charge in [-0.1, -0.05) is 24.3 Å². The Labute approximate surface area is 133 Å². The first-order chi connectivity index (χ1) is 11.2. The number of hydrogen-bond donors (Lipinski definition) is 3. The first-order valence-corrected chi connectivity index (χ1v) is 7.41. The molecule has 4 heteroatoms. The molecule has 0 saturated carbocycles. The second kappa shape index (κ2) is 5.18. The average molecular weight is 302 g/mol. The highest BCUT2D eigenvalue weighted by Crippen LogP contribution is 2.31. The summed E-state index contributed by atoms with van der Waals surface area (Å²) in [5, 5.41) is 15.9. The third kappa shape index (κ3) is 2.21. The number of aromatic nitrogens is 1. The maximum atomic E-state index is 10.5. The maximum Gasteiger partial charge on any atom is 0.267 e. The average Bonchev–Trinajstić information content (AvgIpc) is 2.60. The minimum atomic E-state index is 0.728. The molecule has 0 spiro atoms. The first kappa shape index (κ1) is 13.4. The van der Waals surface area contributed by atoms with Crippen LogP contribution in [0.2, 0.25) is 0 Å². The van der Waals surface area contributed by atoms with Crippen LogP contribution in [0.25, 0.3) is 21.8 Å². The molecule has 4 nitrogen and oxygen atoms in total. The van der Waals surface area contributed by atoms with E-state index in [0.29, 0.717) is 0 Å². The van der Waals surface area contributed by atoms with Crippen molar-refractivity contribution in [2.75, 3.05) is 11.1 Å². The van der Waals surface area contributed by atoms with Gasteiger partial charge in [-0.05, 0) is 36.4 Å². The summed E-state index contributed by atoms with van der Waals surface area (Å²) in [5.74, 6) is 0. The third-order valence-corrected chi connectivity index (χ3v) is 3.98. The number of nitrogens with one attached hydrogen (secondary N) is 1. The van der Waals surface area contributed by atoms with Crippen LogP contribution in [0.5, 0.6) is 0 Å². The summed E-state index contributed by atoms with van der Waals surface area (Å²) < 4.78 is 1.23. The normalized spacial score (nSPS) is 11.0. The Morgan fingerprint density at radius 3 is 1.83 bits per heavy atom. The van der Waals surface area contributed by atoms with E-state index in [0.717, 1.165) is 38.9 Å². The van der Waals surface area contributed by atoms with Crippen molar-refractivity contribution in [3.63, 3.8) is 0 Å². The van der Waals surface area contributed by atoms with Crippen molar-refractivity contribution in [1.29, 1.82) is 0 Å². The van der Waals surface area contributed by atoms with Gasteiger partial charge >= 0.3 is 0 Å². The fourth-order valence-corrected chi connectivity index (χ4v) is 2.86. The van der Waals surface area contributed by atoms with Crippen LogP contribution in [0.1, 0.15) is 0 Å². The molecule has 0 fully saturated rings. The number of benzene rings is 3. The summed E-state index contributed by atoms with van der Waals surface area (Å²) in [7, 11) is 0. The van der Waals surface area contributed by atoms with Gasteiger partial charge in [-0.2, -0.15) is 0 Å². The molecule has 4 aromatic rings. The molecular formula is C19H16N3O+. The minimum Gasteiger partial charge on any atom is -0.399 e. The molecule has 0 aliphatic carbocycles. The summed E-state index contributed by atoms with van der Waals surface area (Å²) in [6, 6.07) is 23.2. The largest absolute Gasteiger partial charge is 0.399 e. The highest BCUT2D eigenvalue weighted by Gasteiger charge is 2.19. The molecule has 23 heavy (non-hydrogen) atoms. The zero-order valence-corrected chi connectivity index (χ0v) is 12.4. The van der Waals surface area contributed by atoms with Crippen LogP contribution in [0.3, 0.4) is 0 Å². The van der Waals surface area contributed by atoms with Crippen LogP contribution in [0.4, 0.5) is 17.1 Å². The number of para-hydroxylation sites is 2. The lowest BCUT2D eigenvalue weighted by Gasteiger charge is -2.11. The zero-order valence-electron chi connectivity index (χ0n) is 12.4. The van der Waals surface area contributed by atoms with Gasteiger partial charge < -0.3 is 11.1 Å². The van der Waals surface area contributed by atoms with Gasteiger partial charge in [0.1, 0.15) is 0 Å². The maximum absolute atomic E-state index is 10.5. The van der Waals surface area contributed by atoms with Crippen LogP contribution < -0.4 is 15.8 Å². The summed E-state index contributed by atoms with van der Waals surface area (Å²) in [6.07, 6.45) is 0. The summed E-state index contributed by atoms with van der Waals surface area (Å²) in [4.78, 5) is 0. The minimum absolute atomic E-state index is 0.728. The van der Waals surface area contributed by atoms with Gasteiger partial charge in [0.05, 0.1) is 16.5 Å². The molecule has 112 valence electrons. The molecular weight excluding hydrogens is 286 g/mol. The number of pyridine rings is 1. The van der Waals surface area contributed by atoms with Crippen molar-refractivity contribution in [3.05, 3.63) is 72.8 Å². The number of hydrogen-bond acceptors (Lipinski definition) is 3. The van der Waals surface area contributed by atoms with Gasteiger partial charge in [0.15, 0.2) is 0 Å². The Bertz CT molecular complexity index is 953. The van der Waals surface area contributed by atoms with Crippen molar-refractivity contribution >= 4 is 38.9 Å². The van der Waals surface area contributed by atoms with E-state index in [1.54, 1.807) is 0 Å². The molecule has 0 unspecified atom stereocenters. The molecule has 0 aliphatic rings. The smallest absolute Gasteiger partial charge is 0.267 e. The highest BCUT2D eigenvalue weighted by molar-refractivity contribution is 6.06. The van der Waals surface area contributed by atoms with E-state index in [4.69, 9.17) is 5.73 Å². The molecule has 0 saturated heterocycles. The molecule has 1 aromatic heterocycles. The predicted octanol–water partition coefficient (Wildman–Crippen LogP) is 3.84. The van der Waals surface area contributed by atoms with Gasteiger partial charge in [0, 0.05) is 28.2 Å². The number of nitrogen functional groups attached to an aromatic ring is 1. The lowest BCUT2D eigenvalue weighted by atomic mass is 10.1. The van der Waals surface area contributed by atoms with Crippen molar-refractivity contribution in [1.82, 2.24) is 0 Å². The van der Waals surface area contributed by atoms with Crippen LogP contribution in [0.15, 0.2) is 72.8 Å². The molecule has 0 atom stereocenters. The van der Waals surface area contributed by atoms with E-state index >= 15 is 0 Å². The lowest BCUT2D eigenvalue weighted by molar-refractivity contribution is -0.864. The third-order valence-electron chi connectivity index (χ3n) is 3.98. The molecule has 4 rings (SSSR count). The Morgan fingerprint density at radius 2 is 1.26 bits per heavy atom. The van der Waals surface area contributed by atoms with Crippen LogP contribution in [-0.2, 0) is 0 Å². The van der Waals surface area contributed by atoms with Crippen LogP contribution in [-0.4, -0.2) is 5.21 Å². The van der Waals surface area contributed by atoms with Gasteiger partial charge in [-0.25, -0.2) is 0 Å². The summed E-state index contributed by atoms with van der Waals surface area (Å²) >= 11 is 0. The summed E-state index contributed by atoms with van der Waals surface area (Å²) in [5.41, 5.74) is 9.91. The molecule has 0 bridgehead atoms. The number of fused-ring (bicyclic) bond motifs is 2. The topological polar surface area (TPSA) is 62.2 Å². The monoisotopic (exact) mass is 302 g/mol. The molecule has 3 aromatic carbocycles. The van der Waals surface area contributed by atoms with E-state index in [1.165, 1.54) is 4.73 Å².